The van der Waals surface area contributed by atoms with E-state index in [4.69, 9.17) is 4.74 Å². The number of likely N-dealkylation sites (tertiary alicyclic amines) is 1. The SMILES string of the molecule is Cc1cccc(CN2CC[C@H]3OCC[C@@]3(CCNC(=O)C(C)C)C2)n1. The minimum atomic E-state index is 0.0448. The number of ether oxygens (including phenoxy) is 1. The lowest BCUT2D eigenvalue weighted by molar-refractivity contribution is -0.124. The van der Waals surface area contributed by atoms with Crippen molar-refractivity contribution in [2.24, 2.45) is 11.3 Å². The molecule has 1 N–H and O–H groups in total. The second-order valence-electron chi connectivity index (χ2n) is 7.94. The van der Waals surface area contributed by atoms with Crippen LogP contribution in [0.3, 0.4) is 0 Å². The summed E-state index contributed by atoms with van der Waals surface area (Å²) >= 11 is 0. The normalized spacial score (nSPS) is 26.6. The van der Waals surface area contributed by atoms with Crippen molar-refractivity contribution in [2.45, 2.75) is 52.7 Å². The minimum absolute atomic E-state index is 0.0448. The van der Waals surface area contributed by atoms with Crippen LogP contribution in [0.25, 0.3) is 0 Å². The van der Waals surface area contributed by atoms with E-state index in [0.717, 1.165) is 63.4 Å². The number of hydrogen-bond acceptors (Lipinski definition) is 4. The van der Waals surface area contributed by atoms with Crippen LogP contribution < -0.4 is 5.32 Å². The summed E-state index contributed by atoms with van der Waals surface area (Å²) in [5.74, 6) is 0.187. The van der Waals surface area contributed by atoms with Gasteiger partial charge in [0.25, 0.3) is 0 Å². The van der Waals surface area contributed by atoms with Gasteiger partial charge in [0.1, 0.15) is 0 Å². The first-order chi connectivity index (χ1) is 12.0. The molecule has 2 saturated heterocycles. The Bertz CT molecular complexity index is 604. The lowest BCUT2D eigenvalue weighted by Gasteiger charge is -2.44. The number of pyridine rings is 1. The third-order valence-corrected chi connectivity index (χ3v) is 5.63. The first kappa shape index (κ1) is 18.3. The predicted octanol–water partition coefficient (Wildman–Crippen LogP) is 2.53. The Morgan fingerprint density at radius 1 is 1.48 bits per heavy atom. The van der Waals surface area contributed by atoms with Gasteiger partial charge in [-0.2, -0.15) is 0 Å². The summed E-state index contributed by atoms with van der Waals surface area (Å²) in [5.41, 5.74) is 2.38. The number of carbonyl (C=O) groups is 1. The number of carbonyl (C=O) groups excluding carboxylic acids is 1. The number of rotatable bonds is 6. The number of amides is 1. The molecular formula is C20H31N3O2. The highest BCUT2D eigenvalue weighted by Gasteiger charge is 2.47. The summed E-state index contributed by atoms with van der Waals surface area (Å²) in [4.78, 5) is 19.0. The molecule has 0 aromatic carbocycles. The minimum Gasteiger partial charge on any atom is -0.378 e. The molecule has 2 aliphatic heterocycles. The molecule has 5 heteroatoms. The molecule has 25 heavy (non-hydrogen) atoms. The van der Waals surface area contributed by atoms with E-state index in [0.29, 0.717) is 6.10 Å². The Kier molecular flexibility index (Phi) is 5.74. The highest BCUT2D eigenvalue weighted by molar-refractivity contribution is 5.77. The average molecular weight is 345 g/mol. The number of aromatic nitrogens is 1. The van der Waals surface area contributed by atoms with Crippen LogP contribution in [0.4, 0.5) is 0 Å². The van der Waals surface area contributed by atoms with Crippen LogP contribution >= 0.6 is 0 Å². The van der Waals surface area contributed by atoms with E-state index in [1.165, 1.54) is 0 Å². The van der Waals surface area contributed by atoms with Gasteiger partial charge in [-0.05, 0) is 38.3 Å². The van der Waals surface area contributed by atoms with Crippen LogP contribution in [0.1, 0.15) is 44.5 Å². The van der Waals surface area contributed by atoms with Gasteiger partial charge in [0, 0.05) is 49.8 Å². The average Bonchev–Trinajstić information content (AvgIpc) is 2.97. The Balaban J connectivity index is 1.61. The molecule has 2 fully saturated rings. The van der Waals surface area contributed by atoms with Crippen molar-refractivity contribution in [1.82, 2.24) is 15.2 Å². The van der Waals surface area contributed by atoms with E-state index in [1.54, 1.807) is 0 Å². The zero-order valence-electron chi connectivity index (χ0n) is 15.8. The Morgan fingerprint density at radius 2 is 2.32 bits per heavy atom. The lowest BCUT2D eigenvalue weighted by atomic mass is 9.74. The topological polar surface area (TPSA) is 54.5 Å². The van der Waals surface area contributed by atoms with Gasteiger partial charge in [-0.25, -0.2) is 0 Å². The van der Waals surface area contributed by atoms with Crippen molar-refractivity contribution >= 4 is 5.91 Å². The zero-order chi connectivity index (χ0) is 17.9. The van der Waals surface area contributed by atoms with Gasteiger partial charge in [-0.15, -0.1) is 0 Å². The molecule has 0 radical (unpaired) electrons. The number of aryl methyl sites for hydroxylation is 1. The van der Waals surface area contributed by atoms with Crippen LogP contribution in [-0.2, 0) is 16.1 Å². The maximum Gasteiger partial charge on any atom is 0.222 e. The summed E-state index contributed by atoms with van der Waals surface area (Å²) in [5, 5.41) is 3.08. The van der Waals surface area contributed by atoms with Crippen molar-refractivity contribution in [2.75, 3.05) is 26.2 Å². The van der Waals surface area contributed by atoms with Crippen LogP contribution in [0.2, 0.25) is 0 Å². The molecule has 3 heterocycles. The molecule has 0 unspecified atom stereocenters. The highest BCUT2D eigenvalue weighted by Crippen LogP contribution is 2.43. The number of piperidine rings is 1. The second kappa shape index (κ2) is 7.83. The van der Waals surface area contributed by atoms with Crippen molar-refractivity contribution < 1.29 is 9.53 Å². The fourth-order valence-corrected chi connectivity index (χ4v) is 4.19. The van der Waals surface area contributed by atoms with E-state index in [-0.39, 0.29) is 17.2 Å². The molecule has 0 aliphatic carbocycles. The van der Waals surface area contributed by atoms with Crippen molar-refractivity contribution in [3.63, 3.8) is 0 Å². The van der Waals surface area contributed by atoms with Gasteiger partial charge in [0.15, 0.2) is 0 Å². The van der Waals surface area contributed by atoms with Crippen LogP contribution in [0, 0.1) is 18.3 Å². The summed E-state index contributed by atoms with van der Waals surface area (Å²) in [7, 11) is 0. The van der Waals surface area contributed by atoms with Gasteiger partial charge >= 0.3 is 0 Å². The third-order valence-electron chi connectivity index (χ3n) is 5.63. The van der Waals surface area contributed by atoms with Gasteiger partial charge in [-0.3, -0.25) is 14.7 Å². The quantitative estimate of drug-likeness (QED) is 0.861. The Labute approximate surface area is 151 Å². The Hall–Kier alpha value is -1.46. The van der Waals surface area contributed by atoms with Crippen molar-refractivity contribution in [3.8, 4) is 0 Å². The molecule has 138 valence electrons. The first-order valence-corrected chi connectivity index (χ1v) is 9.53. The molecule has 0 saturated carbocycles. The molecule has 1 aromatic heterocycles. The van der Waals surface area contributed by atoms with Gasteiger partial charge in [0.2, 0.25) is 5.91 Å². The monoisotopic (exact) mass is 345 g/mol. The molecule has 1 aromatic rings. The first-order valence-electron chi connectivity index (χ1n) is 9.53. The lowest BCUT2D eigenvalue weighted by Crippen LogP contribution is -2.50. The van der Waals surface area contributed by atoms with Gasteiger partial charge in [-0.1, -0.05) is 19.9 Å². The van der Waals surface area contributed by atoms with Crippen LogP contribution in [0.15, 0.2) is 18.2 Å². The molecule has 1 amide bonds. The maximum absolute atomic E-state index is 11.9. The summed E-state index contributed by atoms with van der Waals surface area (Å²) in [6.45, 7) is 10.5. The summed E-state index contributed by atoms with van der Waals surface area (Å²) in [6.07, 6.45) is 3.50. The van der Waals surface area contributed by atoms with Crippen LogP contribution in [0.5, 0.6) is 0 Å². The predicted molar refractivity (Wildman–Crippen MR) is 98.1 cm³/mol. The van der Waals surface area contributed by atoms with E-state index >= 15 is 0 Å². The molecular weight excluding hydrogens is 314 g/mol. The van der Waals surface area contributed by atoms with E-state index < -0.39 is 0 Å². The van der Waals surface area contributed by atoms with Crippen molar-refractivity contribution in [3.05, 3.63) is 29.6 Å². The molecule has 2 atom stereocenters. The molecule has 0 bridgehead atoms. The molecule has 5 nitrogen and oxygen atoms in total. The number of hydrogen-bond donors (Lipinski definition) is 1. The van der Waals surface area contributed by atoms with Crippen LogP contribution in [-0.4, -0.2) is 48.1 Å². The van der Waals surface area contributed by atoms with E-state index in [9.17, 15) is 4.79 Å². The van der Waals surface area contributed by atoms with Gasteiger partial charge < -0.3 is 10.1 Å². The molecule has 3 rings (SSSR count). The Morgan fingerprint density at radius 3 is 3.08 bits per heavy atom. The standard InChI is InChI=1S/C20H31N3O2/c1-15(2)19(24)21-10-8-20-9-12-25-18(20)7-11-23(14-20)13-17-6-4-5-16(3)22-17/h4-6,15,18H,7-14H2,1-3H3,(H,21,24)/t18-,20+/m1/s1. The van der Waals surface area contributed by atoms with Crippen molar-refractivity contribution in [1.29, 1.82) is 0 Å². The largest absolute Gasteiger partial charge is 0.378 e. The fourth-order valence-electron chi connectivity index (χ4n) is 4.19. The fraction of sp³-hybridized carbons (Fsp3) is 0.700. The maximum atomic E-state index is 11.9. The molecule has 0 spiro atoms. The smallest absolute Gasteiger partial charge is 0.222 e. The zero-order valence-corrected chi connectivity index (χ0v) is 15.8. The third kappa shape index (κ3) is 4.39. The summed E-state index contributed by atoms with van der Waals surface area (Å²) in [6, 6.07) is 6.24. The van der Waals surface area contributed by atoms with E-state index in [2.05, 4.69) is 27.3 Å². The molecule has 2 aliphatic rings. The number of nitrogens with zero attached hydrogens (tertiary/aromatic N) is 2. The van der Waals surface area contributed by atoms with Gasteiger partial charge in [0.05, 0.1) is 11.8 Å². The second-order valence-corrected chi connectivity index (χ2v) is 7.94. The summed E-state index contributed by atoms with van der Waals surface area (Å²) < 4.78 is 6.03. The number of fused-ring (bicyclic) bond motifs is 1. The number of nitrogens with one attached hydrogen (secondary N) is 1. The van der Waals surface area contributed by atoms with E-state index in [1.807, 2.05) is 26.8 Å². The highest BCUT2D eigenvalue weighted by atomic mass is 16.5.